The third-order valence-electron chi connectivity index (χ3n) is 16.3. The zero-order valence-corrected chi connectivity index (χ0v) is 53.1. The van der Waals surface area contributed by atoms with E-state index in [1.165, 1.54) is 22.0 Å². The largest absolute Gasteiger partial charge is 0.493 e. The summed E-state index contributed by atoms with van der Waals surface area (Å²) in [5.74, 6) is 0.540. The van der Waals surface area contributed by atoms with Gasteiger partial charge in [-0.3, -0.25) is 19.2 Å². The highest BCUT2D eigenvalue weighted by atomic mass is 16.7. The van der Waals surface area contributed by atoms with Gasteiger partial charge in [-0.05, 0) is 158 Å². The highest BCUT2D eigenvalue weighted by molar-refractivity contribution is 6.07. The van der Waals surface area contributed by atoms with Crippen molar-refractivity contribution in [2.75, 3.05) is 73.2 Å². The van der Waals surface area contributed by atoms with Gasteiger partial charge < -0.3 is 58.3 Å². The van der Waals surface area contributed by atoms with Gasteiger partial charge in [0.1, 0.15) is 24.7 Å². The Hall–Kier alpha value is -9.02. The Morgan fingerprint density at radius 1 is 0.559 bits per heavy atom. The molecule has 0 spiro atoms. The van der Waals surface area contributed by atoms with Crippen molar-refractivity contribution in [3.63, 3.8) is 0 Å². The summed E-state index contributed by atoms with van der Waals surface area (Å²) < 4.78 is 48.3. The van der Waals surface area contributed by atoms with Crippen LogP contribution in [0.5, 0.6) is 11.5 Å². The maximum atomic E-state index is 14.0. The number of benzene rings is 4. The van der Waals surface area contributed by atoms with Gasteiger partial charge in [0, 0.05) is 62.7 Å². The summed E-state index contributed by atoms with van der Waals surface area (Å²) in [5, 5.41) is 5.78. The Bertz CT molecular complexity index is 3240. The number of anilines is 4. The van der Waals surface area contributed by atoms with Crippen LogP contribution >= 0.6 is 0 Å². The zero-order valence-electron chi connectivity index (χ0n) is 53.1. The van der Waals surface area contributed by atoms with E-state index in [0.29, 0.717) is 98.8 Å². The van der Waals surface area contributed by atoms with Gasteiger partial charge in [0.15, 0.2) is 25.0 Å². The summed E-state index contributed by atoms with van der Waals surface area (Å²) in [6.45, 7) is 16.0. The van der Waals surface area contributed by atoms with Crippen LogP contribution in [0.15, 0.2) is 104 Å². The second-order valence-corrected chi connectivity index (χ2v) is 22.9. The summed E-state index contributed by atoms with van der Waals surface area (Å²) >= 11 is 0. The van der Waals surface area contributed by atoms with Gasteiger partial charge in [0.05, 0.1) is 47.8 Å². The molecule has 24 heteroatoms. The molecule has 4 unspecified atom stereocenters. The zero-order chi connectivity index (χ0) is 66.7. The van der Waals surface area contributed by atoms with Crippen molar-refractivity contribution >= 4 is 70.9 Å². The second-order valence-electron chi connectivity index (χ2n) is 22.9. The van der Waals surface area contributed by atoms with Gasteiger partial charge in [-0.15, -0.1) is 0 Å². The van der Waals surface area contributed by atoms with E-state index in [0.717, 1.165) is 79.4 Å². The van der Waals surface area contributed by atoms with Crippen LogP contribution < -0.4 is 29.9 Å². The van der Waals surface area contributed by atoms with Crippen molar-refractivity contribution in [3.05, 3.63) is 132 Å². The minimum Gasteiger partial charge on any atom is -0.493 e. The summed E-state index contributed by atoms with van der Waals surface area (Å²) in [6.07, 6.45) is 11.4. The Morgan fingerprint density at radius 3 is 1.37 bits per heavy atom. The molecule has 0 aromatic heterocycles. The number of para-hydroxylation sites is 1. The van der Waals surface area contributed by atoms with Gasteiger partial charge in [-0.25, -0.2) is 19.4 Å². The lowest BCUT2D eigenvalue weighted by Crippen LogP contribution is -2.57. The highest BCUT2D eigenvalue weighted by Crippen LogP contribution is 2.42. The third-order valence-corrected chi connectivity index (χ3v) is 16.3. The molecule has 4 saturated heterocycles. The first-order valence-electron chi connectivity index (χ1n) is 31.7. The number of carbonyl (C=O) groups excluding carboxylic acids is 10. The van der Waals surface area contributed by atoms with Crippen molar-refractivity contribution in [3.8, 4) is 11.5 Å². The van der Waals surface area contributed by atoms with E-state index in [-0.39, 0.29) is 87.3 Å². The minimum absolute atomic E-state index is 0.0134. The summed E-state index contributed by atoms with van der Waals surface area (Å²) in [4.78, 5) is 119. The van der Waals surface area contributed by atoms with E-state index in [1.807, 2.05) is 85.2 Å². The lowest BCUT2D eigenvalue weighted by molar-refractivity contribution is -0.199. The van der Waals surface area contributed by atoms with E-state index in [4.69, 9.17) is 57.1 Å². The molecule has 93 heavy (non-hydrogen) atoms. The smallest absolute Gasteiger partial charge is 0.416 e. The molecule has 6 aliphatic rings. The Balaban J connectivity index is 0.000000243. The SMILES string of the molecule is C=CCOC(=O)N1c2cc(OCCCC(=O)Nc3ccc(C)cc3)c(C)cc2C(=O)N2CCCC[C@H]2C1OC1CCCCO1.C=CCOC(=O)N1c2cc(OCCCC(=O)Nc3ccccc3)c(C)cc2C(=O)N2CCCC[C@H]2C1OC1CCCCO1.O=C=O.O=C=O. The molecule has 0 bridgehead atoms. The summed E-state index contributed by atoms with van der Waals surface area (Å²) in [5.41, 5.74) is 5.66. The van der Waals surface area contributed by atoms with E-state index in [2.05, 4.69) is 23.8 Å². The second kappa shape index (κ2) is 36.9. The van der Waals surface area contributed by atoms with Crippen LogP contribution in [0.4, 0.5) is 32.3 Å². The molecular weight excluding hydrogens is 1200 g/mol. The average molecular weight is 1290 g/mol. The number of nitrogens with zero attached hydrogens (tertiary/aromatic N) is 4. The summed E-state index contributed by atoms with van der Waals surface area (Å²) in [6, 6.07) is 23.2. The average Bonchev–Trinajstić information content (AvgIpc) is 1.65. The lowest BCUT2D eigenvalue weighted by atomic mass is 10.00. The van der Waals surface area contributed by atoms with Gasteiger partial charge >= 0.3 is 24.5 Å². The van der Waals surface area contributed by atoms with Crippen molar-refractivity contribution in [2.45, 2.75) is 161 Å². The minimum atomic E-state index is -0.804. The van der Waals surface area contributed by atoms with Crippen LogP contribution in [-0.4, -0.2) is 148 Å². The molecule has 0 saturated carbocycles. The number of amides is 6. The molecule has 0 aliphatic carbocycles. The number of rotatable bonds is 20. The van der Waals surface area contributed by atoms with Crippen molar-refractivity contribution in [1.29, 1.82) is 0 Å². The maximum absolute atomic E-state index is 14.0. The molecule has 10 rings (SSSR count). The highest BCUT2D eigenvalue weighted by Gasteiger charge is 2.48. The number of piperidine rings is 2. The number of fused-ring (bicyclic) bond motifs is 4. The Labute approximate surface area is 541 Å². The molecule has 4 aromatic carbocycles. The number of hydrogen-bond donors (Lipinski definition) is 2. The fourth-order valence-electron chi connectivity index (χ4n) is 11.8. The molecule has 498 valence electrons. The quantitative estimate of drug-likeness (QED) is 0.0614. The van der Waals surface area contributed by atoms with Crippen LogP contribution in [-0.2, 0) is 57.2 Å². The third kappa shape index (κ3) is 20.0. The summed E-state index contributed by atoms with van der Waals surface area (Å²) in [7, 11) is 0. The number of hydrogen-bond acceptors (Lipinski definition) is 18. The maximum Gasteiger partial charge on any atom is 0.416 e. The molecule has 6 heterocycles. The van der Waals surface area contributed by atoms with Crippen molar-refractivity contribution in [1.82, 2.24) is 9.80 Å². The fraction of sp³-hybridized carbons (Fsp3) is 0.478. The van der Waals surface area contributed by atoms with E-state index >= 15 is 0 Å². The topological polar surface area (TPSA) is 282 Å². The molecule has 6 aliphatic heterocycles. The molecule has 4 aromatic rings. The van der Waals surface area contributed by atoms with E-state index < -0.39 is 37.2 Å². The van der Waals surface area contributed by atoms with Gasteiger partial charge in [-0.2, -0.15) is 19.2 Å². The van der Waals surface area contributed by atoms with Crippen LogP contribution in [0.3, 0.4) is 0 Å². The number of carbonyl (C=O) groups is 6. The van der Waals surface area contributed by atoms with Gasteiger partial charge in [0.2, 0.25) is 11.8 Å². The standard InChI is InChI=1S/C34H43N3O7.C33H41N3O7.2CO2/c1-4-18-43-34(40)37-28-22-29(41-20-9-11-30(38)35-25-15-13-23(2)14-16-25)24(3)21-26(28)32(39)36-17-7-5-10-27(36)33(37)44-31-12-6-8-19-42-31;1-3-18-42-33(39)36-27-22-28(40-20-11-15-29(37)34-24-12-5-4-6-13-24)23(2)21-25(27)31(38)35-17-9-7-14-26(35)32(36)43-30-16-8-10-19-41-30;2*2-1-3/h4,13-16,21-22,27,31,33H,1,5-12,17-20H2,2-3H3,(H,35,38);3-6,12-13,21-22,26,30,32H,1,7-11,14-20H2,2H3,(H,34,37);;/t27-,31?,33?;26-,30?,32?;;/m00../s1. The normalized spacial score (nSPS) is 20.4. The number of nitrogens with one attached hydrogen (secondary N) is 2. The Kier molecular flexibility index (Phi) is 28.3. The van der Waals surface area contributed by atoms with Crippen LogP contribution in [0, 0.1) is 20.8 Å². The number of aryl methyl sites for hydroxylation is 3. The molecular formula is C69H84N6O18. The molecule has 2 N–H and O–H groups in total. The Morgan fingerprint density at radius 2 is 0.968 bits per heavy atom. The van der Waals surface area contributed by atoms with Crippen LogP contribution in [0.2, 0.25) is 0 Å². The number of ether oxygens (including phenoxy) is 8. The predicted molar refractivity (Wildman–Crippen MR) is 339 cm³/mol. The molecule has 6 amide bonds. The van der Waals surface area contributed by atoms with Gasteiger partial charge in [0.25, 0.3) is 11.8 Å². The fourth-order valence-corrected chi connectivity index (χ4v) is 11.8. The van der Waals surface area contributed by atoms with E-state index in [9.17, 15) is 28.8 Å². The molecule has 6 atom stereocenters. The lowest BCUT2D eigenvalue weighted by Gasteiger charge is -2.42. The molecule has 0 radical (unpaired) electrons. The van der Waals surface area contributed by atoms with Crippen molar-refractivity contribution in [2.24, 2.45) is 0 Å². The first kappa shape index (κ1) is 71.4. The first-order valence-corrected chi connectivity index (χ1v) is 31.7. The first-order chi connectivity index (χ1) is 45.1. The van der Waals surface area contributed by atoms with E-state index in [1.54, 1.807) is 24.3 Å². The molecule has 24 nitrogen and oxygen atoms in total. The van der Waals surface area contributed by atoms with Crippen molar-refractivity contribution < 1.29 is 85.8 Å². The van der Waals surface area contributed by atoms with Crippen LogP contribution in [0.1, 0.15) is 140 Å². The van der Waals surface area contributed by atoms with Gasteiger partial charge in [-0.1, -0.05) is 61.2 Å². The van der Waals surface area contributed by atoms with Crippen LogP contribution in [0.25, 0.3) is 0 Å². The monoisotopic (exact) mass is 1280 g/mol. The predicted octanol–water partition coefficient (Wildman–Crippen LogP) is 10.7. The molecule has 4 fully saturated rings.